The molecule has 8 unspecified atom stereocenters. The second kappa shape index (κ2) is 30.9. The molecule has 1 rings (SSSR count). The van der Waals surface area contributed by atoms with Crippen molar-refractivity contribution >= 4 is 13.7 Å². The van der Waals surface area contributed by atoms with Crippen LogP contribution >= 0.6 is 7.82 Å². The van der Waals surface area contributed by atoms with Crippen LogP contribution in [0.1, 0.15) is 162 Å². The molecule has 0 bridgehead atoms. The maximum Gasteiger partial charge on any atom is 0.472 e. The van der Waals surface area contributed by atoms with Crippen LogP contribution in [0.4, 0.5) is 0 Å². The van der Waals surface area contributed by atoms with Crippen LogP contribution < -0.4 is 5.32 Å². The fourth-order valence-electron chi connectivity index (χ4n) is 6.51. The molecule has 0 saturated heterocycles. The molecule has 13 nitrogen and oxygen atoms in total. The van der Waals surface area contributed by atoms with Gasteiger partial charge in [0.2, 0.25) is 5.91 Å². The van der Waals surface area contributed by atoms with Crippen LogP contribution in [0.15, 0.2) is 24.3 Å². The van der Waals surface area contributed by atoms with Crippen molar-refractivity contribution in [1.82, 2.24) is 5.32 Å². The first-order chi connectivity index (χ1) is 25.8. The van der Waals surface area contributed by atoms with Crippen LogP contribution in [0, 0.1) is 0 Å². The molecule has 14 heteroatoms. The smallest absolute Gasteiger partial charge is 0.393 e. The Balaban J connectivity index is 2.62. The summed E-state index contributed by atoms with van der Waals surface area (Å²) in [4.78, 5) is 23.3. The van der Waals surface area contributed by atoms with E-state index in [1.807, 2.05) is 0 Å². The number of unbranched alkanes of at least 4 members (excludes halogenated alkanes) is 18. The number of nitrogens with one attached hydrogen (secondary N) is 1. The highest BCUT2D eigenvalue weighted by molar-refractivity contribution is 7.47. The Labute approximate surface area is 324 Å². The zero-order chi connectivity index (χ0) is 40.2. The molecule has 54 heavy (non-hydrogen) atoms. The molecule has 0 aromatic heterocycles. The highest BCUT2D eigenvalue weighted by Crippen LogP contribution is 2.47. The first-order valence-electron chi connectivity index (χ1n) is 20.9. The van der Waals surface area contributed by atoms with Gasteiger partial charge in [-0.2, -0.15) is 0 Å². The Morgan fingerprint density at radius 1 is 0.648 bits per heavy atom. The first-order valence-corrected chi connectivity index (χ1v) is 22.4. The molecule has 0 aliphatic heterocycles. The maximum absolute atomic E-state index is 12.9. The molecule has 1 amide bonds. The molecule has 9 N–H and O–H groups in total. The Kier molecular flexibility index (Phi) is 29.0. The minimum absolute atomic E-state index is 0.260. The molecule has 0 spiro atoms. The third kappa shape index (κ3) is 23.1. The van der Waals surface area contributed by atoms with E-state index in [1.54, 1.807) is 6.08 Å². The monoisotopic (exact) mass is 794 g/mol. The van der Waals surface area contributed by atoms with Crippen LogP contribution in [0.25, 0.3) is 0 Å². The number of hydrogen-bond donors (Lipinski definition) is 9. The summed E-state index contributed by atoms with van der Waals surface area (Å²) in [5.41, 5.74) is 0. The molecule has 0 aromatic carbocycles. The van der Waals surface area contributed by atoms with Gasteiger partial charge >= 0.3 is 7.82 Å². The number of hydrogen-bond acceptors (Lipinski definition) is 11. The number of phosphoric ester groups is 1. The maximum atomic E-state index is 12.9. The summed E-state index contributed by atoms with van der Waals surface area (Å²) in [6, 6.07) is -1.24. The van der Waals surface area contributed by atoms with E-state index in [9.17, 15) is 50.0 Å². The van der Waals surface area contributed by atoms with Crippen molar-refractivity contribution in [2.24, 2.45) is 0 Å². The fourth-order valence-corrected chi connectivity index (χ4v) is 7.48. The van der Waals surface area contributed by atoms with Crippen molar-refractivity contribution in [2.45, 2.75) is 216 Å². The van der Waals surface area contributed by atoms with E-state index < -0.39 is 75.2 Å². The van der Waals surface area contributed by atoms with Crippen molar-refractivity contribution in [3.05, 3.63) is 24.3 Å². The molecule has 0 radical (unpaired) electrons. The summed E-state index contributed by atoms with van der Waals surface area (Å²) in [6.07, 6.45) is 17.3. The topological polar surface area (TPSA) is 226 Å². The normalized spacial score (nSPS) is 24.9. The predicted molar refractivity (Wildman–Crippen MR) is 210 cm³/mol. The summed E-state index contributed by atoms with van der Waals surface area (Å²) in [6.45, 7) is 3.64. The van der Waals surface area contributed by atoms with Gasteiger partial charge in [0.15, 0.2) is 0 Å². The Morgan fingerprint density at radius 3 is 1.63 bits per heavy atom. The van der Waals surface area contributed by atoms with Gasteiger partial charge in [-0.1, -0.05) is 141 Å². The van der Waals surface area contributed by atoms with E-state index >= 15 is 0 Å². The number of carbonyl (C=O) groups is 1. The Bertz CT molecular complexity index is 1030. The molecule has 0 aromatic rings. The van der Waals surface area contributed by atoms with Crippen LogP contribution in [-0.4, -0.2) is 108 Å². The van der Waals surface area contributed by atoms with E-state index in [1.165, 1.54) is 76.7 Å². The standard InChI is InChI=1S/C40H76NO12P/c1-3-5-7-9-11-13-14-15-16-17-18-19-20-22-24-26-28-33(43)32(41-34(44)29-31(42)27-25-23-21-12-10-8-6-4-2)30-52-54(50,51)53-40-38(48)36(46)35(45)37(47)39(40)49/h10,12,26,28,31-33,35-40,42-43,45-49H,3-9,11,13-25,27,29-30H2,1-2H3,(H,41,44)(H,50,51)/b12-10-,28-26+. The second-order valence-corrected chi connectivity index (χ2v) is 16.4. The lowest BCUT2D eigenvalue weighted by atomic mass is 9.85. The van der Waals surface area contributed by atoms with Gasteiger partial charge in [0.25, 0.3) is 0 Å². The first kappa shape index (κ1) is 50.8. The number of aliphatic hydroxyl groups is 7. The summed E-state index contributed by atoms with van der Waals surface area (Å²) in [5.74, 6) is -0.609. The summed E-state index contributed by atoms with van der Waals surface area (Å²) >= 11 is 0. The number of aliphatic hydroxyl groups excluding tert-OH is 7. The molecule has 1 fully saturated rings. The number of allylic oxidation sites excluding steroid dienone is 3. The van der Waals surface area contributed by atoms with E-state index in [0.29, 0.717) is 19.3 Å². The lowest BCUT2D eigenvalue weighted by Crippen LogP contribution is -2.64. The lowest BCUT2D eigenvalue weighted by molar-refractivity contribution is -0.220. The Morgan fingerprint density at radius 2 is 1.09 bits per heavy atom. The quantitative estimate of drug-likeness (QED) is 0.0224. The number of phosphoric acid groups is 1. The number of rotatable bonds is 33. The van der Waals surface area contributed by atoms with Gasteiger partial charge in [-0.3, -0.25) is 13.8 Å². The zero-order valence-electron chi connectivity index (χ0n) is 33.1. The highest BCUT2D eigenvalue weighted by atomic mass is 31.2. The second-order valence-electron chi connectivity index (χ2n) is 15.0. The van der Waals surface area contributed by atoms with Crippen LogP contribution in [0.5, 0.6) is 0 Å². The summed E-state index contributed by atoms with van der Waals surface area (Å²) in [7, 11) is -5.13. The summed E-state index contributed by atoms with van der Waals surface area (Å²) in [5, 5.41) is 74.0. The average molecular weight is 794 g/mol. The third-order valence-corrected chi connectivity index (χ3v) is 11.0. The zero-order valence-corrected chi connectivity index (χ0v) is 34.0. The van der Waals surface area contributed by atoms with Crippen molar-refractivity contribution < 1.29 is 59.0 Å². The van der Waals surface area contributed by atoms with Gasteiger partial charge < -0.3 is 46.0 Å². The minimum atomic E-state index is -5.13. The molecular formula is C40H76NO12P. The van der Waals surface area contributed by atoms with Crippen molar-refractivity contribution in [3.63, 3.8) is 0 Å². The van der Waals surface area contributed by atoms with Crippen LogP contribution in [0.3, 0.4) is 0 Å². The minimum Gasteiger partial charge on any atom is -0.393 e. The van der Waals surface area contributed by atoms with Crippen molar-refractivity contribution in [3.8, 4) is 0 Å². The highest BCUT2D eigenvalue weighted by Gasteiger charge is 2.51. The average Bonchev–Trinajstić information content (AvgIpc) is 3.14. The van der Waals surface area contributed by atoms with E-state index in [2.05, 4.69) is 31.3 Å². The van der Waals surface area contributed by atoms with E-state index in [0.717, 1.165) is 51.4 Å². The van der Waals surface area contributed by atoms with Gasteiger partial charge in [0.1, 0.15) is 36.6 Å². The van der Waals surface area contributed by atoms with E-state index in [-0.39, 0.29) is 6.42 Å². The molecule has 8 atom stereocenters. The van der Waals surface area contributed by atoms with Gasteiger partial charge in [-0.15, -0.1) is 0 Å². The number of amides is 1. The van der Waals surface area contributed by atoms with Gasteiger partial charge in [0.05, 0.1) is 31.3 Å². The molecular weight excluding hydrogens is 717 g/mol. The Hall–Kier alpha value is -1.22. The molecule has 1 saturated carbocycles. The SMILES string of the molecule is CCCC/C=C\CCCCC(O)CC(=O)NC(COP(=O)(O)OC1C(O)C(O)C(O)C(O)C1O)C(O)/C=C/CCCCCCCCCCCCCCCC. The number of carbonyl (C=O) groups excluding carboxylic acids is 1. The van der Waals surface area contributed by atoms with Crippen molar-refractivity contribution in [2.75, 3.05) is 6.61 Å². The molecule has 0 heterocycles. The van der Waals surface area contributed by atoms with E-state index in [4.69, 9.17) is 9.05 Å². The molecule has 318 valence electrons. The van der Waals surface area contributed by atoms with Gasteiger partial charge in [-0.25, -0.2) is 4.57 Å². The largest absolute Gasteiger partial charge is 0.472 e. The van der Waals surface area contributed by atoms with Crippen LogP contribution in [0.2, 0.25) is 0 Å². The van der Waals surface area contributed by atoms with Gasteiger partial charge in [-0.05, 0) is 38.5 Å². The fraction of sp³-hybridized carbons (Fsp3) is 0.875. The summed E-state index contributed by atoms with van der Waals surface area (Å²) < 4.78 is 22.7. The molecule has 1 aliphatic carbocycles. The predicted octanol–water partition coefficient (Wildman–Crippen LogP) is 5.64. The third-order valence-electron chi connectivity index (χ3n) is 10.0. The van der Waals surface area contributed by atoms with Crippen molar-refractivity contribution in [1.29, 1.82) is 0 Å². The lowest BCUT2D eigenvalue weighted by Gasteiger charge is -2.41. The molecule has 1 aliphatic rings. The van der Waals surface area contributed by atoms with Gasteiger partial charge in [0, 0.05) is 0 Å². The van der Waals surface area contributed by atoms with Crippen LogP contribution in [-0.2, 0) is 18.4 Å².